The molecule has 6 rings (SSSR count). The molecule has 0 N–H and O–H groups in total. The van der Waals surface area contributed by atoms with Gasteiger partial charge in [-0.25, -0.2) is 0 Å². The summed E-state index contributed by atoms with van der Waals surface area (Å²) in [5.41, 5.74) is 11.0. The Kier molecular flexibility index (Phi) is 2.99. The van der Waals surface area contributed by atoms with Gasteiger partial charge in [-0.05, 0) is 70.0 Å². The molecule has 0 aliphatic heterocycles. The third-order valence-electron chi connectivity index (χ3n) is 7.80. The van der Waals surface area contributed by atoms with Crippen molar-refractivity contribution in [2.45, 2.75) is 43.4 Å². The molecule has 2 unspecified atom stereocenters. The molecule has 0 aromatic heterocycles. The predicted molar refractivity (Wildman–Crippen MR) is 112 cm³/mol. The lowest BCUT2D eigenvalue weighted by Gasteiger charge is -2.35. The minimum absolute atomic E-state index is 0.616. The Labute approximate surface area is 157 Å². The average molecular weight is 355 g/mol. The number of fused-ring (bicyclic) bond motifs is 8. The Balaban J connectivity index is 1.48. The number of rotatable bonds is 2. The molecule has 4 aliphatic carbocycles. The third kappa shape index (κ3) is 1.85. The normalized spacial score (nSPS) is 28.6. The first kappa shape index (κ1) is 15.2. The SMILES string of the molecule is C[Si](C)(C1C=C2C(=C1)C1CCC2C1)C1c2ccccc2-c2ccccc21. The van der Waals surface area contributed by atoms with Gasteiger partial charge in [0, 0.05) is 5.54 Å². The van der Waals surface area contributed by atoms with Crippen LogP contribution in [-0.2, 0) is 0 Å². The summed E-state index contributed by atoms with van der Waals surface area (Å²) in [6.07, 6.45) is 9.76. The van der Waals surface area contributed by atoms with E-state index < -0.39 is 8.07 Å². The lowest BCUT2D eigenvalue weighted by Crippen LogP contribution is -2.38. The monoisotopic (exact) mass is 354 g/mol. The van der Waals surface area contributed by atoms with E-state index in [4.69, 9.17) is 0 Å². The van der Waals surface area contributed by atoms with Crippen LogP contribution in [0.2, 0.25) is 18.6 Å². The molecule has 26 heavy (non-hydrogen) atoms. The zero-order chi connectivity index (χ0) is 17.5. The zero-order valence-corrected chi connectivity index (χ0v) is 16.7. The lowest BCUT2D eigenvalue weighted by atomic mass is 9.92. The van der Waals surface area contributed by atoms with Crippen molar-refractivity contribution in [3.8, 4) is 11.1 Å². The quantitative estimate of drug-likeness (QED) is 0.526. The molecule has 0 nitrogen and oxygen atoms in total. The molecular weight excluding hydrogens is 328 g/mol. The molecule has 1 heteroatoms. The Hall–Kier alpha value is -1.86. The van der Waals surface area contributed by atoms with E-state index >= 15 is 0 Å². The van der Waals surface area contributed by atoms with Gasteiger partial charge in [0.2, 0.25) is 0 Å². The predicted octanol–water partition coefficient (Wildman–Crippen LogP) is 6.71. The summed E-state index contributed by atoms with van der Waals surface area (Å²) in [6.45, 7) is 5.27. The van der Waals surface area contributed by atoms with Gasteiger partial charge in [0.1, 0.15) is 0 Å². The smallest absolute Gasteiger partial charge is 0.0715 e. The van der Waals surface area contributed by atoms with Crippen molar-refractivity contribution in [2.75, 3.05) is 0 Å². The minimum Gasteiger partial charge on any atom is -0.0765 e. The van der Waals surface area contributed by atoms with Crippen LogP contribution in [0.15, 0.2) is 71.8 Å². The molecule has 2 bridgehead atoms. The fraction of sp³-hybridized carbons (Fsp3) is 0.360. The van der Waals surface area contributed by atoms with E-state index in [9.17, 15) is 0 Å². The van der Waals surface area contributed by atoms with Crippen molar-refractivity contribution in [2.24, 2.45) is 11.8 Å². The van der Waals surface area contributed by atoms with Crippen LogP contribution in [0.1, 0.15) is 35.9 Å². The standard InChI is InChI=1S/C25H26Si/c1-26(2,18-14-23-16-11-12-17(13-16)24(23)15-18)25-21-9-5-3-7-19(21)20-8-4-6-10-22(20)25/h3-10,14-18,25H,11-13H2,1-2H3. The highest BCUT2D eigenvalue weighted by molar-refractivity contribution is 6.82. The maximum Gasteiger partial charge on any atom is 0.0715 e. The second-order valence-electron chi connectivity index (χ2n) is 9.41. The highest BCUT2D eigenvalue weighted by Crippen LogP contribution is 2.59. The number of benzene rings is 2. The van der Waals surface area contributed by atoms with Gasteiger partial charge in [0.15, 0.2) is 0 Å². The van der Waals surface area contributed by atoms with Gasteiger partial charge < -0.3 is 0 Å². The second kappa shape index (κ2) is 5.10. The molecule has 2 atom stereocenters. The molecule has 0 heterocycles. The van der Waals surface area contributed by atoms with Crippen LogP contribution >= 0.6 is 0 Å². The molecular formula is C25H26Si. The Morgan fingerprint density at radius 3 is 1.77 bits per heavy atom. The van der Waals surface area contributed by atoms with E-state index in [0.29, 0.717) is 11.1 Å². The van der Waals surface area contributed by atoms with Gasteiger partial charge >= 0.3 is 0 Å². The average Bonchev–Trinajstić information content (AvgIpc) is 3.40. The van der Waals surface area contributed by atoms with Gasteiger partial charge in [0.25, 0.3) is 0 Å². The maximum absolute atomic E-state index is 2.72. The highest BCUT2D eigenvalue weighted by atomic mass is 28.3. The summed E-state index contributed by atoms with van der Waals surface area (Å²) < 4.78 is 0. The van der Waals surface area contributed by atoms with Gasteiger partial charge in [0.05, 0.1) is 8.07 Å². The van der Waals surface area contributed by atoms with E-state index in [-0.39, 0.29) is 0 Å². The van der Waals surface area contributed by atoms with Gasteiger partial charge in [-0.1, -0.05) is 73.8 Å². The number of hydrogen-bond acceptors (Lipinski definition) is 0. The molecule has 4 aliphatic rings. The van der Waals surface area contributed by atoms with Gasteiger partial charge in [-0.3, -0.25) is 0 Å². The number of allylic oxidation sites excluding steroid dienone is 4. The van der Waals surface area contributed by atoms with Crippen molar-refractivity contribution in [3.63, 3.8) is 0 Å². The molecule has 2 saturated carbocycles. The van der Waals surface area contributed by atoms with Crippen molar-refractivity contribution in [3.05, 3.63) is 83.0 Å². The molecule has 0 saturated heterocycles. The van der Waals surface area contributed by atoms with Gasteiger partial charge in [-0.15, -0.1) is 0 Å². The van der Waals surface area contributed by atoms with Crippen molar-refractivity contribution < 1.29 is 0 Å². The number of hydrogen-bond donors (Lipinski definition) is 0. The van der Waals surface area contributed by atoms with E-state index in [1.54, 1.807) is 22.3 Å². The van der Waals surface area contributed by atoms with Crippen LogP contribution in [0.5, 0.6) is 0 Å². The fourth-order valence-electron chi connectivity index (χ4n) is 6.50. The molecule has 130 valence electrons. The van der Waals surface area contributed by atoms with Crippen LogP contribution in [0.4, 0.5) is 0 Å². The van der Waals surface area contributed by atoms with Crippen LogP contribution in [-0.4, -0.2) is 8.07 Å². The van der Waals surface area contributed by atoms with E-state index in [1.165, 1.54) is 30.4 Å². The molecule has 0 spiro atoms. The summed E-state index contributed by atoms with van der Waals surface area (Å²) in [6, 6.07) is 18.3. The fourth-order valence-corrected chi connectivity index (χ4v) is 10.2. The van der Waals surface area contributed by atoms with Crippen LogP contribution in [0.3, 0.4) is 0 Å². The summed E-state index contributed by atoms with van der Waals surface area (Å²) in [4.78, 5) is 0. The topological polar surface area (TPSA) is 0 Å². The summed E-state index contributed by atoms with van der Waals surface area (Å²) >= 11 is 0. The van der Waals surface area contributed by atoms with E-state index in [0.717, 1.165) is 11.8 Å². The molecule has 0 radical (unpaired) electrons. The zero-order valence-electron chi connectivity index (χ0n) is 15.7. The molecule has 2 aromatic rings. The minimum atomic E-state index is -1.59. The van der Waals surface area contributed by atoms with Crippen molar-refractivity contribution in [1.29, 1.82) is 0 Å². The Morgan fingerprint density at radius 1 is 0.731 bits per heavy atom. The van der Waals surface area contributed by atoms with Crippen LogP contribution in [0.25, 0.3) is 11.1 Å². The first-order valence-electron chi connectivity index (χ1n) is 10.3. The van der Waals surface area contributed by atoms with E-state index in [2.05, 4.69) is 73.8 Å². The van der Waals surface area contributed by atoms with Crippen molar-refractivity contribution >= 4 is 8.07 Å². The lowest BCUT2D eigenvalue weighted by molar-refractivity contribution is 0.658. The summed E-state index contributed by atoms with van der Waals surface area (Å²) in [5, 5.41) is 0. The Morgan fingerprint density at radius 2 is 1.23 bits per heavy atom. The maximum atomic E-state index is 2.72. The van der Waals surface area contributed by atoms with E-state index in [1.807, 2.05) is 0 Å². The first-order chi connectivity index (χ1) is 12.6. The van der Waals surface area contributed by atoms with Gasteiger partial charge in [-0.2, -0.15) is 0 Å². The highest BCUT2D eigenvalue weighted by Gasteiger charge is 2.49. The molecule has 2 fully saturated rings. The molecule has 0 amide bonds. The first-order valence-corrected chi connectivity index (χ1v) is 13.4. The summed E-state index contributed by atoms with van der Waals surface area (Å²) in [5.74, 6) is 1.79. The van der Waals surface area contributed by atoms with Crippen LogP contribution in [0, 0.1) is 11.8 Å². The Bertz CT molecular complexity index is 906. The largest absolute Gasteiger partial charge is 0.0765 e. The molecule has 2 aromatic carbocycles. The third-order valence-corrected chi connectivity index (χ3v) is 12.0. The van der Waals surface area contributed by atoms with Crippen molar-refractivity contribution in [1.82, 2.24) is 0 Å². The van der Waals surface area contributed by atoms with Crippen LogP contribution < -0.4 is 0 Å². The summed E-state index contributed by atoms with van der Waals surface area (Å²) in [7, 11) is -1.59. The second-order valence-corrected chi connectivity index (χ2v) is 14.3.